The normalized spacial score (nSPS) is 23.2. The van der Waals surface area contributed by atoms with Crippen molar-refractivity contribution in [2.45, 2.75) is 52.0 Å². The second-order valence-electron chi connectivity index (χ2n) is 9.41. The molecule has 3 aliphatic rings. The standard InChI is InChI=1S/C21H36N6O4S/c1-17(2)27-16-22-23-20(27)15-18-3-7-24(8-4-18)21(28)19-5-9-25(10-6-19)32(29,30)26-11-13-31-14-12-26/h16-19H,3-15H2,1-2H3. The highest BCUT2D eigenvalue weighted by atomic mass is 32.2. The van der Waals surface area contributed by atoms with Crippen LogP contribution in [0.25, 0.3) is 0 Å². The van der Waals surface area contributed by atoms with E-state index in [2.05, 4.69) is 28.6 Å². The largest absolute Gasteiger partial charge is 0.379 e. The summed E-state index contributed by atoms with van der Waals surface area (Å²) in [5, 5.41) is 8.35. The average molecular weight is 469 g/mol. The molecule has 0 atom stereocenters. The van der Waals surface area contributed by atoms with Gasteiger partial charge in [-0.2, -0.15) is 17.0 Å². The van der Waals surface area contributed by atoms with E-state index in [1.807, 2.05) is 4.90 Å². The maximum absolute atomic E-state index is 13.1. The molecule has 0 radical (unpaired) electrons. The van der Waals surface area contributed by atoms with Gasteiger partial charge in [0, 0.05) is 57.6 Å². The van der Waals surface area contributed by atoms with Crippen LogP contribution in [0.3, 0.4) is 0 Å². The van der Waals surface area contributed by atoms with Crippen LogP contribution in [-0.4, -0.2) is 95.1 Å². The lowest BCUT2D eigenvalue weighted by Crippen LogP contribution is -2.52. The Hall–Kier alpha value is -1.56. The van der Waals surface area contributed by atoms with E-state index in [1.165, 1.54) is 4.31 Å². The van der Waals surface area contributed by atoms with E-state index in [-0.39, 0.29) is 11.8 Å². The Morgan fingerprint density at radius 1 is 1.03 bits per heavy atom. The van der Waals surface area contributed by atoms with Gasteiger partial charge in [0.1, 0.15) is 12.2 Å². The van der Waals surface area contributed by atoms with Gasteiger partial charge in [-0.05, 0) is 45.4 Å². The fourth-order valence-corrected chi connectivity index (χ4v) is 6.60. The summed E-state index contributed by atoms with van der Waals surface area (Å²) in [5.74, 6) is 1.66. The number of morpholine rings is 1. The molecule has 3 fully saturated rings. The highest BCUT2D eigenvalue weighted by Crippen LogP contribution is 2.27. The van der Waals surface area contributed by atoms with Crippen LogP contribution < -0.4 is 0 Å². The van der Waals surface area contributed by atoms with Crippen molar-refractivity contribution in [3.8, 4) is 0 Å². The second kappa shape index (κ2) is 10.1. The van der Waals surface area contributed by atoms with Crippen LogP contribution in [0.2, 0.25) is 0 Å². The summed E-state index contributed by atoms with van der Waals surface area (Å²) in [4.78, 5) is 15.1. The molecule has 32 heavy (non-hydrogen) atoms. The van der Waals surface area contributed by atoms with Gasteiger partial charge in [0.05, 0.1) is 13.2 Å². The molecule has 0 aromatic carbocycles. The van der Waals surface area contributed by atoms with Gasteiger partial charge in [-0.15, -0.1) is 10.2 Å². The lowest BCUT2D eigenvalue weighted by molar-refractivity contribution is -0.138. The molecule has 4 heterocycles. The first-order valence-electron chi connectivity index (χ1n) is 11.9. The molecule has 3 aliphatic heterocycles. The molecule has 11 heteroatoms. The molecule has 4 rings (SSSR count). The zero-order chi connectivity index (χ0) is 22.7. The van der Waals surface area contributed by atoms with Crippen LogP contribution in [0.4, 0.5) is 0 Å². The summed E-state index contributed by atoms with van der Waals surface area (Å²) in [5.41, 5.74) is 0. The maximum Gasteiger partial charge on any atom is 0.282 e. The zero-order valence-corrected chi connectivity index (χ0v) is 20.0. The third-order valence-corrected chi connectivity index (χ3v) is 9.06. The molecular formula is C21H36N6O4S. The highest BCUT2D eigenvalue weighted by molar-refractivity contribution is 7.86. The smallest absolute Gasteiger partial charge is 0.282 e. The SMILES string of the molecule is CC(C)n1cnnc1CC1CCN(C(=O)C2CCN(S(=O)(=O)N3CCOCC3)CC2)CC1. The number of piperidine rings is 2. The first kappa shape index (κ1) is 23.6. The number of carbonyl (C=O) groups excluding carboxylic acids is 1. The van der Waals surface area contributed by atoms with Gasteiger partial charge in [-0.3, -0.25) is 4.79 Å². The first-order chi connectivity index (χ1) is 15.4. The average Bonchev–Trinajstić information content (AvgIpc) is 3.28. The Balaban J connectivity index is 1.24. The zero-order valence-electron chi connectivity index (χ0n) is 19.2. The number of ether oxygens (including phenoxy) is 1. The number of carbonyl (C=O) groups is 1. The predicted molar refractivity (Wildman–Crippen MR) is 119 cm³/mol. The lowest BCUT2D eigenvalue weighted by Gasteiger charge is -2.38. The van der Waals surface area contributed by atoms with Crippen LogP contribution >= 0.6 is 0 Å². The minimum absolute atomic E-state index is 0.0771. The summed E-state index contributed by atoms with van der Waals surface area (Å²) in [6.45, 7) is 8.33. The van der Waals surface area contributed by atoms with Crippen molar-refractivity contribution in [1.82, 2.24) is 28.3 Å². The Labute approximate surface area is 191 Å². The van der Waals surface area contributed by atoms with Gasteiger partial charge < -0.3 is 14.2 Å². The topological polar surface area (TPSA) is 101 Å². The number of likely N-dealkylation sites (tertiary alicyclic amines) is 1. The van der Waals surface area contributed by atoms with Crippen molar-refractivity contribution in [2.24, 2.45) is 11.8 Å². The monoisotopic (exact) mass is 468 g/mol. The van der Waals surface area contributed by atoms with Crippen molar-refractivity contribution >= 4 is 16.1 Å². The molecule has 3 saturated heterocycles. The fourth-order valence-electron chi connectivity index (χ4n) is 4.99. The minimum atomic E-state index is -3.45. The number of hydrogen-bond acceptors (Lipinski definition) is 6. The van der Waals surface area contributed by atoms with Gasteiger partial charge in [0.2, 0.25) is 5.91 Å². The van der Waals surface area contributed by atoms with E-state index >= 15 is 0 Å². The predicted octanol–water partition coefficient (Wildman–Crippen LogP) is 0.929. The van der Waals surface area contributed by atoms with Gasteiger partial charge in [-0.25, -0.2) is 0 Å². The Morgan fingerprint density at radius 3 is 2.28 bits per heavy atom. The minimum Gasteiger partial charge on any atom is -0.379 e. The molecule has 1 aromatic rings. The fraction of sp³-hybridized carbons (Fsp3) is 0.857. The van der Waals surface area contributed by atoms with E-state index in [9.17, 15) is 13.2 Å². The van der Waals surface area contributed by atoms with Crippen LogP contribution in [0, 0.1) is 11.8 Å². The number of amides is 1. The maximum atomic E-state index is 13.1. The summed E-state index contributed by atoms with van der Waals surface area (Å²) in [7, 11) is -3.45. The van der Waals surface area contributed by atoms with Gasteiger partial charge in [0.15, 0.2) is 0 Å². The summed E-state index contributed by atoms with van der Waals surface area (Å²) < 4.78 is 36.1. The summed E-state index contributed by atoms with van der Waals surface area (Å²) >= 11 is 0. The first-order valence-corrected chi connectivity index (χ1v) is 13.3. The molecule has 0 bridgehead atoms. The lowest BCUT2D eigenvalue weighted by atomic mass is 9.90. The number of hydrogen-bond donors (Lipinski definition) is 0. The summed E-state index contributed by atoms with van der Waals surface area (Å²) in [6.07, 6.45) is 5.84. The Morgan fingerprint density at radius 2 is 1.66 bits per heavy atom. The Kier molecular flexibility index (Phi) is 7.48. The van der Waals surface area contributed by atoms with Crippen molar-refractivity contribution in [2.75, 3.05) is 52.5 Å². The molecule has 0 saturated carbocycles. The Bertz CT molecular complexity index is 867. The van der Waals surface area contributed by atoms with Crippen molar-refractivity contribution in [3.63, 3.8) is 0 Å². The van der Waals surface area contributed by atoms with Crippen molar-refractivity contribution < 1.29 is 17.9 Å². The van der Waals surface area contributed by atoms with E-state index in [0.29, 0.717) is 64.2 Å². The number of aromatic nitrogens is 3. The van der Waals surface area contributed by atoms with Crippen LogP contribution in [-0.2, 0) is 26.2 Å². The highest BCUT2D eigenvalue weighted by Gasteiger charge is 2.37. The summed E-state index contributed by atoms with van der Waals surface area (Å²) in [6, 6.07) is 0.347. The van der Waals surface area contributed by atoms with E-state index in [4.69, 9.17) is 4.74 Å². The van der Waals surface area contributed by atoms with Crippen molar-refractivity contribution in [3.05, 3.63) is 12.2 Å². The van der Waals surface area contributed by atoms with Crippen molar-refractivity contribution in [1.29, 1.82) is 0 Å². The molecule has 0 unspecified atom stereocenters. The van der Waals surface area contributed by atoms with Crippen LogP contribution in [0.5, 0.6) is 0 Å². The molecule has 10 nitrogen and oxygen atoms in total. The molecule has 0 N–H and O–H groups in total. The molecule has 180 valence electrons. The van der Waals surface area contributed by atoms with Crippen LogP contribution in [0.15, 0.2) is 6.33 Å². The second-order valence-corrected chi connectivity index (χ2v) is 11.3. The number of nitrogens with zero attached hydrogens (tertiary/aromatic N) is 6. The molecular weight excluding hydrogens is 432 g/mol. The van der Waals surface area contributed by atoms with Crippen LogP contribution in [0.1, 0.15) is 51.4 Å². The van der Waals surface area contributed by atoms with Gasteiger partial charge in [-0.1, -0.05) is 0 Å². The molecule has 0 spiro atoms. The van der Waals surface area contributed by atoms with Gasteiger partial charge in [0.25, 0.3) is 10.2 Å². The van der Waals surface area contributed by atoms with E-state index in [1.54, 1.807) is 10.6 Å². The van der Waals surface area contributed by atoms with Gasteiger partial charge >= 0.3 is 0 Å². The number of rotatable bonds is 6. The molecule has 0 aliphatic carbocycles. The third-order valence-electron chi connectivity index (χ3n) is 7.03. The third kappa shape index (κ3) is 5.16. The van der Waals surface area contributed by atoms with E-state index < -0.39 is 10.2 Å². The van der Waals surface area contributed by atoms with E-state index in [0.717, 1.165) is 38.2 Å². The molecule has 1 aromatic heterocycles. The quantitative estimate of drug-likeness (QED) is 0.616. The molecule has 1 amide bonds.